The molecule has 1 aromatic carbocycles. The number of morpholine rings is 1. The topological polar surface area (TPSA) is 50.8 Å². The Balaban J connectivity index is 1.55. The zero-order chi connectivity index (χ0) is 17.9. The predicted molar refractivity (Wildman–Crippen MR) is 98.1 cm³/mol. The van der Waals surface area contributed by atoms with Gasteiger partial charge in [0.15, 0.2) is 0 Å². The second-order valence-electron chi connectivity index (χ2n) is 7.49. The number of ether oxygens (including phenoxy) is 2. The van der Waals surface area contributed by atoms with Crippen LogP contribution in [0.5, 0.6) is 5.75 Å². The van der Waals surface area contributed by atoms with Gasteiger partial charge >= 0.3 is 0 Å². The van der Waals surface area contributed by atoms with Crippen LogP contribution in [-0.4, -0.2) is 57.3 Å². The lowest BCUT2D eigenvalue weighted by molar-refractivity contribution is -0.123. The smallest absolute Gasteiger partial charge is 0.230 e. The SMILES string of the molecule is COc1cc(C2(C(=O)NC[C@H](C)CN3CCOCC3)CC2)ccc1C. The van der Waals surface area contributed by atoms with Gasteiger partial charge in [-0.3, -0.25) is 9.69 Å². The van der Waals surface area contributed by atoms with Crippen molar-refractivity contribution in [2.24, 2.45) is 5.92 Å². The predicted octanol–water partition coefficient (Wildman–Crippen LogP) is 2.12. The molecule has 0 radical (unpaired) electrons. The van der Waals surface area contributed by atoms with E-state index in [1.165, 1.54) is 0 Å². The molecule has 1 heterocycles. The van der Waals surface area contributed by atoms with E-state index in [0.29, 0.717) is 5.92 Å². The minimum atomic E-state index is -0.348. The highest BCUT2D eigenvalue weighted by atomic mass is 16.5. The van der Waals surface area contributed by atoms with E-state index in [2.05, 4.69) is 23.2 Å². The summed E-state index contributed by atoms with van der Waals surface area (Å²) in [6.45, 7) is 9.57. The van der Waals surface area contributed by atoms with E-state index in [1.54, 1.807) is 7.11 Å². The Bertz CT molecular complexity index is 607. The number of hydrogen-bond acceptors (Lipinski definition) is 4. The van der Waals surface area contributed by atoms with E-state index >= 15 is 0 Å². The molecule has 5 heteroatoms. The van der Waals surface area contributed by atoms with Crippen LogP contribution in [0.25, 0.3) is 0 Å². The first-order valence-electron chi connectivity index (χ1n) is 9.29. The molecule has 1 N–H and O–H groups in total. The molecule has 138 valence electrons. The normalized spacial score (nSPS) is 20.8. The Hall–Kier alpha value is -1.59. The summed E-state index contributed by atoms with van der Waals surface area (Å²) in [5, 5.41) is 3.19. The largest absolute Gasteiger partial charge is 0.496 e. The molecule has 3 rings (SSSR count). The molecule has 2 fully saturated rings. The minimum absolute atomic E-state index is 0.159. The number of methoxy groups -OCH3 is 1. The van der Waals surface area contributed by atoms with Crippen molar-refractivity contribution in [1.29, 1.82) is 0 Å². The summed E-state index contributed by atoms with van der Waals surface area (Å²) in [6, 6.07) is 6.14. The average Bonchev–Trinajstić information content (AvgIpc) is 3.43. The van der Waals surface area contributed by atoms with Gasteiger partial charge in [-0.05, 0) is 42.9 Å². The molecule has 1 aromatic rings. The molecular weight excluding hydrogens is 316 g/mol. The summed E-state index contributed by atoms with van der Waals surface area (Å²) in [5.74, 6) is 1.45. The van der Waals surface area contributed by atoms with Crippen molar-refractivity contribution in [1.82, 2.24) is 10.2 Å². The van der Waals surface area contributed by atoms with Crippen molar-refractivity contribution in [3.63, 3.8) is 0 Å². The second kappa shape index (κ2) is 7.75. The molecular formula is C20H30N2O3. The van der Waals surface area contributed by atoms with Gasteiger partial charge in [-0.15, -0.1) is 0 Å². The van der Waals surface area contributed by atoms with Crippen molar-refractivity contribution in [2.45, 2.75) is 32.1 Å². The van der Waals surface area contributed by atoms with Crippen molar-refractivity contribution >= 4 is 5.91 Å². The summed E-state index contributed by atoms with van der Waals surface area (Å²) < 4.78 is 10.8. The number of nitrogens with zero attached hydrogens (tertiary/aromatic N) is 1. The number of nitrogens with one attached hydrogen (secondary N) is 1. The van der Waals surface area contributed by atoms with Crippen molar-refractivity contribution in [3.05, 3.63) is 29.3 Å². The quantitative estimate of drug-likeness (QED) is 0.822. The number of carbonyl (C=O) groups is 1. The molecule has 1 saturated carbocycles. The standard InChI is InChI=1S/C20H30N2O3/c1-15(14-22-8-10-25-11-9-22)13-21-19(23)20(6-7-20)17-5-4-16(2)18(12-17)24-3/h4-5,12,15H,6-11,13-14H2,1-3H3,(H,21,23)/t15-/m0/s1. The molecule has 0 bridgehead atoms. The van der Waals surface area contributed by atoms with Crippen LogP contribution in [0, 0.1) is 12.8 Å². The lowest BCUT2D eigenvalue weighted by Crippen LogP contribution is -2.43. The third-order valence-electron chi connectivity index (χ3n) is 5.43. The summed E-state index contributed by atoms with van der Waals surface area (Å²) in [5.41, 5.74) is 1.83. The van der Waals surface area contributed by atoms with Gasteiger partial charge in [-0.25, -0.2) is 0 Å². The van der Waals surface area contributed by atoms with Crippen molar-refractivity contribution in [2.75, 3.05) is 46.5 Å². The summed E-state index contributed by atoms with van der Waals surface area (Å²) >= 11 is 0. The first-order chi connectivity index (χ1) is 12.0. The Morgan fingerprint density at radius 1 is 1.36 bits per heavy atom. The molecule has 1 saturated heterocycles. The molecule has 1 aliphatic carbocycles. The molecule has 0 aromatic heterocycles. The van der Waals surface area contributed by atoms with Gasteiger partial charge in [0.2, 0.25) is 5.91 Å². The number of benzene rings is 1. The third-order valence-corrected chi connectivity index (χ3v) is 5.43. The maximum Gasteiger partial charge on any atom is 0.230 e. The van der Waals surface area contributed by atoms with E-state index in [4.69, 9.17) is 9.47 Å². The van der Waals surface area contributed by atoms with Gasteiger partial charge in [0.05, 0.1) is 25.7 Å². The van der Waals surface area contributed by atoms with E-state index in [1.807, 2.05) is 19.1 Å². The van der Waals surface area contributed by atoms with Crippen LogP contribution in [0.4, 0.5) is 0 Å². The Kier molecular flexibility index (Phi) is 5.64. The van der Waals surface area contributed by atoms with Crippen molar-refractivity contribution < 1.29 is 14.3 Å². The molecule has 2 aliphatic rings. The maximum absolute atomic E-state index is 12.8. The molecule has 25 heavy (non-hydrogen) atoms. The summed E-state index contributed by atoms with van der Waals surface area (Å²) in [6.07, 6.45) is 1.84. The number of rotatable bonds is 7. The van der Waals surface area contributed by atoms with Crippen LogP contribution in [0.15, 0.2) is 18.2 Å². The van der Waals surface area contributed by atoms with E-state index in [9.17, 15) is 4.79 Å². The number of hydrogen-bond donors (Lipinski definition) is 1. The highest BCUT2D eigenvalue weighted by molar-refractivity contribution is 5.91. The zero-order valence-electron chi connectivity index (χ0n) is 15.6. The van der Waals surface area contributed by atoms with Crippen LogP contribution in [0.3, 0.4) is 0 Å². The third kappa shape index (κ3) is 4.15. The number of amides is 1. The van der Waals surface area contributed by atoms with Crippen LogP contribution >= 0.6 is 0 Å². The first-order valence-corrected chi connectivity index (χ1v) is 9.29. The van der Waals surface area contributed by atoms with Crippen LogP contribution in [0.1, 0.15) is 30.9 Å². The van der Waals surface area contributed by atoms with Crippen LogP contribution in [0.2, 0.25) is 0 Å². The van der Waals surface area contributed by atoms with Crippen LogP contribution in [-0.2, 0) is 14.9 Å². The summed E-state index contributed by atoms with van der Waals surface area (Å²) in [7, 11) is 1.68. The Morgan fingerprint density at radius 3 is 2.72 bits per heavy atom. The fourth-order valence-electron chi connectivity index (χ4n) is 3.61. The molecule has 1 aliphatic heterocycles. The highest BCUT2D eigenvalue weighted by Gasteiger charge is 2.51. The fourth-order valence-corrected chi connectivity index (χ4v) is 3.61. The maximum atomic E-state index is 12.8. The van der Waals surface area contributed by atoms with Gasteiger partial charge < -0.3 is 14.8 Å². The summed E-state index contributed by atoms with van der Waals surface area (Å²) in [4.78, 5) is 15.2. The van der Waals surface area contributed by atoms with E-state index in [-0.39, 0.29) is 11.3 Å². The number of aryl methyl sites for hydroxylation is 1. The van der Waals surface area contributed by atoms with E-state index in [0.717, 1.165) is 69.1 Å². The lowest BCUT2D eigenvalue weighted by Gasteiger charge is -2.29. The van der Waals surface area contributed by atoms with Crippen LogP contribution < -0.4 is 10.1 Å². The second-order valence-corrected chi connectivity index (χ2v) is 7.49. The van der Waals surface area contributed by atoms with Gasteiger partial charge in [-0.1, -0.05) is 19.1 Å². The Labute approximate surface area is 150 Å². The van der Waals surface area contributed by atoms with Gasteiger partial charge in [-0.2, -0.15) is 0 Å². The monoisotopic (exact) mass is 346 g/mol. The number of carbonyl (C=O) groups excluding carboxylic acids is 1. The lowest BCUT2D eigenvalue weighted by atomic mass is 9.93. The minimum Gasteiger partial charge on any atom is -0.496 e. The first kappa shape index (κ1) is 18.2. The van der Waals surface area contributed by atoms with Gasteiger partial charge in [0.25, 0.3) is 0 Å². The highest BCUT2D eigenvalue weighted by Crippen LogP contribution is 2.49. The zero-order valence-corrected chi connectivity index (χ0v) is 15.6. The molecule has 0 unspecified atom stereocenters. The van der Waals surface area contributed by atoms with E-state index < -0.39 is 0 Å². The molecule has 0 spiro atoms. The van der Waals surface area contributed by atoms with Crippen molar-refractivity contribution in [3.8, 4) is 5.75 Å². The molecule has 5 nitrogen and oxygen atoms in total. The molecule has 1 amide bonds. The van der Waals surface area contributed by atoms with Gasteiger partial charge in [0, 0.05) is 26.2 Å². The van der Waals surface area contributed by atoms with Gasteiger partial charge in [0.1, 0.15) is 5.75 Å². The molecule has 1 atom stereocenters. The average molecular weight is 346 g/mol. The fraction of sp³-hybridized carbons (Fsp3) is 0.650. The Morgan fingerprint density at radius 2 is 2.08 bits per heavy atom.